The molecule has 122 valence electrons. The molecule has 0 aliphatic heterocycles. The zero-order chi connectivity index (χ0) is 17.2. The Balaban J connectivity index is 1.84. The van der Waals surface area contributed by atoms with Gasteiger partial charge in [0.2, 0.25) is 5.95 Å². The molecule has 0 fully saturated rings. The van der Waals surface area contributed by atoms with Crippen LogP contribution in [0.1, 0.15) is 10.4 Å². The quantitative estimate of drug-likeness (QED) is 0.626. The standard InChI is InChI=1S/C19H15N5O/c1-24-10-9-21-19(24)23-18(25)15-11-17(13-5-4-8-20-12-13)22-16-7-3-2-6-14(15)16/h2-12H,1H3,(H,21,23,25). The molecule has 0 bridgehead atoms. The Labute approximate surface area is 144 Å². The summed E-state index contributed by atoms with van der Waals surface area (Å²) in [6.07, 6.45) is 6.86. The highest BCUT2D eigenvalue weighted by Gasteiger charge is 2.15. The van der Waals surface area contributed by atoms with Crippen LogP contribution >= 0.6 is 0 Å². The molecule has 0 aliphatic carbocycles. The Kier molecular flexibility index (Phi) is 3.70. The maximum Gasteiger partial charge on any atom is 0.258 e. The molecule has 0 saturated carbocycles. The second-order valence-electron chi connectivity index (χ2n) is 5.63. The van der Waals surface area contributed by atoms with Gasteiger partial charge in [-0.1, -0.05) is 18.2 Å². The second kappa shape index (κ2) is 6.16. The number of benzene rings is 1. The molecular formula is C19H15N5O. The molecular weight excluding hydrogens is 314 g/mol. The highest BCUT2D eigenvalue weighted by atomic mass is 16.1. The Hall–Kier alpha value is -3.54. The molecule has 3 heterocycles. The van der Waals surface area contributed by atoms with Crippen molar-refractivity contribution in [3.63, 3.8) is 0 Å². The van der Waals surface area contributed by atoms with Crippen LogP contribution in [0.25, 0.3) is 22.2 Å². The van der Waals surface area contributed by atoms with Gasteiger partial charge in [0.05, 0.1) is 16.8 Å². The predicted octanol–water partition coefficient (Wildman–Crippen LogP) is 3.28. The Morgan fingerprint density at radius 3 is 2.76 bits per heavy atom. The van der Waals surface area contributed by atoms with E-state index in [1.807, 2.05) is 43.4 Å². The summed E-state index contributed by atoms with van der Waals surface area (Å²) in [5, 5.41) is 3.64. The number of carbonyl (C=O) groups is 1. The molecule has 3 aromatic heterocycles. The average Bonchev–Trinajstić information content (AvgIpc) is 3.06. The first-order chi connectivity index (χ1) is 12.2. The largest absolute Gasteiger partial charge is 0.320 e. The summed E-state index contributed by atoms with van der Waals surface area (Å²) in [6.45, 7) is 0. The lowest BCUT2D eigenvalue weighted by atomic mass is 10.0. The molecule has 0 unspecified atom stereocenters. The van der Waals surface area contributed by atoms with Crippen LogP contribution < -0.4 is 5.32 Å². The van der Waals surface area contributed by atoms with Gasteiger partial charge in [0.1, 0.15) is 0 Å². The number of rotatable bonds is 3. The lowest BCUT2D eigenvalue weighted by molar-refractivity contribution is 0.102. The third-order valence-corrected chi connectivity index (χ3v) is 3.96. The molecule has 0 atom stereocenters. The minimum absolute atomic E-state index is 0.224. The number of imidazole rings is 1. The van der Waals surface area contributed by atoms with E-state index in [-0.39, 0.29) is 5.91 Å². The van der Waals surface area contributed by atoms with E-state index in [1.165, 1.54) is 0 Å². The number of para-hydroxylation sites is 1. The summed E-state index contributed by atoms with van der Waals surface area (Å²) >= 11 is 0. The fourth-order valence-electron chi connectivity index (χ4n) is 2.68. The zero-order valence-corrected chi connectivity index (χ0v) is 13.5. The van der Waals surface area contributed by atoms with Crippen LogP contribution in [0, 0.1) is 0 Å². The van der Waals surface area contributed by atoms with Crippen molar-refractivity contribution < 1.29 is 4.79 Å². The van der Waals surface area contributed by atoms with Crippen LogP contribution in [0.4, 0.5) is 5.95 Å². The SMILES string of the molecule is Cn1ccnc1NC(=O)c1cc(-c2cccnc2)nc2ccccc12. The second-order valence-corrected chi connectivity index (χ2v) is 5.63. The third kappa shape index (κ3) is 2.85. The number of hydrogen-bond acceptors (Lipinski definition) is 4. The summed E-state index contributed by atoms with van der Waals surface area (Å²) in [7, 11) is 1.83. The first kappa shape index (κ1) is 15.0. The topological polar surface area (TPSA) is 72.7 Å². The summed E-state index contributed by atoms with van der Waals surface area (Å²) in [4.78, 5) is 25.8. The van der Waals surface area contributed by atoms with Crippen LogP contribution in [0.15, 0.2) is 67.3 Å². The number of nitrogens with one attached hydrogen (secondary N) is 1. The molecule has 6 nitrogen and oxygen atoms in total. The van der Waals surface area contributed by atoms with Gasteiger partial charge in [-0.15, -0.1) is 0 Å². The summed E-state index contributed by atoms with van der Waals surface area (Å²) in [5.41, 5.74) is 2.87. The van der Waals surface area contributed by atoms with Gasteiger partial charge >= 0.3 is 0 Å². The van der Waals surface area contributed by atoms with Gasteiger partial charge in [-0.3, -0.25) is 15.1 Å². The highest BCUT2D eigenvalue weighted by molar-refractivity contribution is 6.12. The average molecular weight is 329 g/mol. The van der Waals surface area contributed by atoms with Crippen LogP contribution in [-0.4, -0.2) is 25.4 Å². The first-order valence-electron chi connectivity index (χ1n) is 7.81. The fourth-order valence-corrected chi connectivity index (χ4v) is 2.68. The van der Waals surface area contributed by atoms with E-state index in [0.29, 0.717) is 17.2 Å². The van der Waals surface area contributed by atoms with Crippen molar-refractivity contribution in [2.45, 2.75) is 0 Å². The van der Waals surface area contributed by atoms with Crippen LogP contribution in [0.5, 0.6) is 0 Å². The number of aromatic nitrogens is 4. The third-order valence-electron chi connectivity index (χ3n) is 3.96. The molecule has 1 aromatic carbocycles. The molecule has 1 N–H and O–H groups in total. The molecule has 4 aromatic rings. The van der Waals surface area contributed by atoms with E-state index in [0.717, 1.165) is 16.5 Å². The first-order valence-corrected chi connectivity index (χ1v) is 7.81. The number of pyridine rings is 2. The van der Waals surface area contributed by atoms with Crippen molar-refractivity contribution in [3.8, 4) is 11.3 Å². The van der Waals surface area contributed by atoms with E-state index >= 15 is 0 Å². The predicted molar refractivity (Wildman–Crippen MR) is 96.1 cm³/mol. The molecule has 0 saturated heterocycles. The van der Waals surface area contributed by atoms with Crippen LogP contribution in [0.2, 0.25) is 0 Å². The number of nitrogens with zero attached hydrogens (tertiary/aromatic N) is 4. The van der Waals surface area contributed by atoms with Crippen molar-refractivity contribution >= 4 is 22.8 Å². The van der Waals surface area contributed by atoms with E-state index in [4.69, 9.17) is 0 Å². The van der Waals surface area contributed by atoms with Gasteiger partial charge < -0.3 is 4.57 Å². The molecule has 4 rings (SSSR count). The number of amides is 1. The minimum Gasteiger partial charge on any atom is -0.320 e. The van der Waals surface area contributed by atoms with Crippen LogP contribution in [-0.2, 0) is 7.05 Å². The molecule has 6 heteroatoms. The normalized spacial score (nSPS) is 10.8. The molecule has 25 heavy (non-hydrogen) atoms. The number of aryl methyl sites for hydroxylation is 1. The molecule has 0 spiro atoms. The Morgan fingerprint density at radius 2 is 2.00 bits per heavy atom. The maximum atomic E-state index is 12.9. The van der Waals surface area contributed by atoms with Gasteiger partial charge in [0, 0.05) is 42.8 Å². The van der Waals surface area contributed by atoms with E-state index < -0.39 is 0 Å². The molecule has 1 amide bonds. The molecule has 0 aliphatic rings. The maximum absolute atomic E-state index is 12.9. The monoisotopic (exact) mass is 329 g/mol. The fraction of sp³-hybridized carbons (Fsp3) is 0.0526. The van der Waals surface area contributed by atoms with Crippen molar-refractivity contribution in [2.24, 2.45) is 7.05 Å². The Morgan fingerprint density at radius 1 is 1.12 bits per heavy atom. The number of fused-ring (bicyclic) bond motifs is 1. The summed E-state index contributed by atoms with van der Waals surface area (Å²) in [5.74, 6) is 0.270. The van der Waals surface area contributed by atoms with E-state index in [1.54, 1.807) is 35.4 Å². The summed E-state index contributed by atoms with van der Waals surface area (Å²) < 4.78 is 1.75. The summed E-state index contributed by atoms with van der Waals surface area (Å²) in [6, 6.07) is 13.1. The van der Waals surface area contributed by atoms with E-state index in [9.17, 15) is 4.79 Å². The van der Waals surface area contributed by atoms with Gasteiger partial charge in [-0.05, 0) is 24.3 Å². The van der Waals surface area contributed by atoms with E-state index in [2.05, 4.69) is 20.3 Å². The highest BCUT2D eigenvalue weighted by Crippen LogP contribution is 2.25. The number of anilines is 1. The lowest BCUT2D eigenvalue weighted by Gasteiger charge is -2.10. The van der Waals surface area contributed by atoms with Crippen LogP contribution in [0.3, 0.4) is 0 Å². The van der Waals surface area contributed by atoms with Crippen molar-refractivity contribution in [1.82, 2.24) is 19.5 Å². The van der Waals surface area contributed by atoms with Gasteiger partial charge in [-0.2, -0.15) is 0 Å². The minimum atomic E-state index is -0.224. The van der Waals surface area contributed by atoms with Crippen molar-refractivity contribution in [2.75, 3.05) is 5.32 Å². The Bertz CT molecular complexity index is 1060. The molecule has 0 radical (unpaired) electrons. The van der Waals surface area contributed by atoms with Gasteiger partial charge in [0.15, 0.2) is 0 Å². The van der Waals surface area contributed by atoms with Gasteiger partial charge in [-0.25, -0.2) is 9.97 Å². The van der Waals surface area contributed by atoms with Crippen molar-refractivity contribution in [1.29, 1.82) is 0 Å². The lowest BCUT2D eigenvalue weighted by Crippen LogP contribution is -2.15. The van der Waals surface area contributed by atoms with Crippen molar-refractivity contribution in [3.05, 3.63) is 72.8 Å². The number of hydrogen-bond donors (Lipinski definition) is 1. The smallest absolute Gasteiger partial charge is 0.258 e. The zero-order valence-electron chi connectivity index (χ0n) is 13.5. The van der Waals surface area contributed by atoms with Gasteiger partial charge in [0.25, 0.3) is 5.91 Å². The number of carbonyl (C=O) groups excluding carboxylic acids is 1.